The van der Waals surface area contributed by atoms with Gasteiger partial charge in [0.1, 0.15) is 11.5 Å². The van der Waals surface area contributed by atoms with Crippen LogP contribution >= 0.6 is 0 Å². The first kappa shape index (κ1) is 19.3. The minimum atomic E-state index is -0.395. The van der Waals surface area contributed by atoms with Crippen LogP contribution in [-0.2, 0) is 11.8 Å². The van der Waals surface area contributed by atoms with Crippen molar-refractivity contribution in [3.05, 3.63) is 71.0 Å². The maximum Gasteiger partial charge on any atom is 0.274 e. The Hall–Kier alpha value is -3.65. The lowest BCUT2D eigenvalue weighted by molar-refractivity contribution is 0.123. The number of fused-ring (bicyclic) bond motifs is 1. The topological polar surface area (TPSA) is 75.2 Å². The zero-order valence-electron chi connectivity index (χ0n) is 17.1. The van der Waals surface area contributed by atoms with Crippen LogP contribution in [0.1, 0.15) is 0 Å². The molecule has 0 aliphatic carbocycles. The maximum absolute atomic E-state index is 15.0. The number of hydrogen-bond acceptors (Lipinski definition) is 5. The number of ether oxygens (including phenoxy) is 1. The molecule has 2 aromatic carbocycles. The number of pyridine rings is 1. The Kier molecular flexibility index (Phi) is 4.91. The van der Waals surface area contributed by atoms with Crippen LogP contribution in [-0.4, -0.2) is 41.1 Å². The number of benzene rings is 2. The average Bonchev–Trinajstić information content (AvgIpc) is 3.34. The number of hydrogen-bond donors (Lipinski definition) is 2. The van der Waals surface area contributed by atoms with Gasteiger partial charge in [-0.1, -0.05) is 12.1 Å². The molecule has 1 aliphatic rings. The van der Waals surface area contributed by atoms with Crippen molar-refractivity contribution in [1.29, 1.82) is 0 Å². The van der Waals surface area contributed by atoms with E-state index in [2.05, 4.69) is 20.4 Å². The molecule has 0 atom stereocenters. The van der Waals surface area contributed by atoms with Crippen LogP contribution in [0.3, 0.4) is 0 Å². The minimum absolute atomic E-state index is 0.229. The average molecular weight is 419 g/mol. The van der Waals surface area contributed by atoms with E-state index in [0.29, 0.717) is 35.4 Å². The van der Waals surface area contributed by atoms with Crippen LogP contribution in [0.4, 0.5) is 21.5 Å². The summed E-state index contributed by atoms with van der Waals surface area (Å²) in [5, 5.41) is 10.3. The van der Waals surface area contributed by atoms with Crippen LogP contribution in [0, 0.1) is 5.82 Å². The lowest BCUT2D eigenvalue weighted by atomic mass is 10.1. The number of halogens is 1. The number of aromatic amines is 1. The molecule has 2 N–H and O–H groups in total. The number of morpholine rings is 1. The normalized spacial score (nSPS) is 14.2. The highest BCUT2D eigenvalue weighted by atomic mass is 19.1. The molecule has 1 fully saturated rings. The van der Waals surface area contributed by atoms with Gasteiger partial charge in [0, 0.05) is 37.3 Å². The first-order valence-corrected chi connectivity index (χ1v) is 10.1. The van der Waals surface area contributed by atoms with Gasteiger partial charge in [-0.25, -0.2) is 4.39 Å². The molecule has 0 bridgehead atoms. The summed E-state index contributed by atoms with van der Waals surface area (Å²) < 4.78 is 22.0. The molecule has 8 heteroatoms. The molecule has 0 unspecified atom stereocenters. The summed E-state index contributed by atoms with van der Waals surface area (Å²) in [6.45, 7) is 2.88. The third-order valence-electron chi connectivity index (χ3n) is 5.65. The molecule has 0 amide bonds. The van der Waals surface area contributed by atoms with E-state index in [1.165, 1.54) is 10.6 Å². The monoisotopic (exact) mass is 419 g/mol. The second-order valence-corrected chi connectivity index (χ2v) is 7.54. The Balaban J connectivity index is 1.58. The second kappa shape index (κ2) is 7.88. The minimum Gasteiger partial charge on any atom is -0.378 e. The largest absolute Gasteiger partial charge is 0.378 e. The van der Waals surface area contributed by atoms with Crippen molar-refractivity contribution in [2.45, 2.75) is 0 Å². The fraction of sp³-hybridized carbons (Fsp3) is 0.217. The summed E-state index contributed by atoms with van der Waals surface area (Å²) in [6.07, 6.45) is 3.31. The van der Waals surface area contributed by atoms with Crippen LogP contribution in [0.5, 0.6) is 0 Å². The van der Waals surface area contributed by atoms with Gasteiger partial charge in [-0.05, 0) is 35.9 Å². The van der Waals surface area contributed by atoms with E-state index in [0.717, 1.165) is 30.0 Å². The number of nitrogens with zero attached hydrogens (tertiary/aromatic N) is 3. The van der Waals surface area contributed by atoms with E-state index in [4.69, 9.17) is 4.74 Å². The smallest absolute Gasteiger partial charge is 0.274 e. The Morgan fingerprint density at radius 2 is 1.90 bits per heavy atom. The van der Waals surface area contributed by atoms with E-state index in [1.54, 1.807) is 31.6 Å². The van der Waals surface area contributed by atoms with Gasteiger partial charge < -0.3 is 19.5 Å². The molecular weight excluding hydrogens is 397 g/mol. The Bertz CT molecular complexity index is 1290. The Labute approximate surface area is 178 Å². The number of aromatic nitrogens is 3. The Morgan fingerprint density at radius 3 is 2.68 bits per heavy atom. The molecule has 1 saturated heterocycles. The Morgan fingerprint density at radius 1 is 1.10 bits per heavy atom. The summed E-state index contributed by atoms with van der Waals surface area (Å²) in [4.78, 5) is 15.3. The highest BCUT2D eigenvalue weighted by molar-refractivity contribution is 5.88. The first-order chi connectivity index (χ1) is 15.1. The zero-order chi connectivity index (χ0) is 21.4. The van der Waals surface area contributed by atoms with E-state index in [9.17, 15) is 4.79 Å². The summed E-state index contributed by atoms with van der Waals surface area (Å²) in [5.74, 6) is -0.395. The quantitative estimate of drug-likeness (QED) is 0.528. The van der Waals surface area contributed by atoms with Crippen molar-refractivity contribution in [2.24, 2.45) is 7.05 Å². The van der Waals surface area contributed by atoms with E-state index in [1.807, 2.05) is 24.3 Å². The molecule has 158 valence electrons. The number of aryl methyl sites for hydroxylation is 1. The van der Waals surface area contributed by atoms with Gasteiger partial charge in [-0.3, -0.25) is 9.89 Å². The van der Waals surface area contributed by atoms with Gasteiger partial charge in [-0.2, -0.15) is 5.10 Å². The van der Waals surface area contributed by atoms with Gasteiger partial charge in [0.2, 0.25) is 0 Å². The number of para-hydroxylation sites is 2. The molecule has 0 saturated carbocycles. The third kappa shape index (κ3) is 3.55. The lowest BCUT2D eigenvalue weighted by Gasteiger charge is -2.30. The summed E-state index contributed by atoms with van der Waals surface area (Å²) in [6, 6.07) is 12.7. The van der Waals surface area contributed by atoms with Gasteiger partial charge in [0.05, 0.1) is 36.3 Å². The van der Waals surface area contributed by atoms with Crippen molar-refractivity contribution in [2.75, 3.05) is 36.5 Å². The molecule has 3 heterocycles. The van der Waals surface area contributed by atoms with Crippen molar-refractivity contribution >= 4 is 28.0 Å². The molecule has 4 aromatic rings. The van der Waals surface area contributed by atoms with Crippen LogP contribution in [0.25, 0.3) is 22.0 Å². The summed E-state index contributed by atoms with van der Waals surface area (Å²) in [7, 11) is 1.66. The maximum atomic E-state index is 15.0. The van der Waals surface area contributed by atoms with E-state index >= 15 is 4.39 Å². The van der Waals surface area contributed by atoms with Crippen LogP contribution in [0.15, 0.2) is 59.7 Å². The standard InChI is InChI=1S/C23H22FN5O2/c1-28-22-11-15(16-13-25-26-14-16)10-18(24)17(22)12-20(23(28)30)27-19-4-2-3-5-21(19)29-6-8-31-9-7-29/h2-5,10-14,27H,6-9H2,1H3,(H,25,26). The van der Waals surface area contributed by atoms with Crippen LogP contribution in [0.2, 0.25) is 0 Å². The molecule has 2 aromatic heterocycles. The number of anilines is 3. The predicted molar refractivity (Wildman–Crippen MR) is 119 cm³/mol. The zero-order valence-corrected chi connectivity index (χ0v) is 17.1. The fourth-order valence-electron chi connectivity index (χ4n) is 3.99. The molecule has 7 nitrogen and oxygen atoms in total. The van der Waals surface area contributed by atoms with Gasteiger partial charge in [0.25, 0.3) is 5.56 Å². The van der Waals surface area contributed by atoms with Crippen molar-refractivity contribution < 1.29 is 9.13 Å². The fourth-order valence-corrected chi connectivity index (χ4v) is 3.99. The van der Waals surface area contributed by atoms with Gasteiger partial charge in [0.15, 0.2) is 0 Å². The lowest BCUT2D eigenvalue weighted by Crippen LogP contribution is -2.36. The first-order valence-electron chi connectivity index (χ1n) is 10.1. The number of rotatable bonds is 4. The molecule has 0 radical (unpaired) electrons. The van der Waals surface area contributed by atoms with E-state index in [-0.39, 0.29) is 5.56 Å². The molecule has 0 spiro atoms. The molecule has 1 aliphatic heterocycles. The highest BCUT2D eigenvalue weighted by Gasteiger charge is 2.17. The number of H-pyrrole nitrogens is 1. The second-order valence-electron chi connectivity index (χ2n) is 7.54. The third-order valence-corrected chi connectivity index (χ3v) is 5.65. The van der Waals surface area contributed by atoms with Gasteiger partial charge in [-0.15, -0.1) is 0 Å². The SMILES string of the molecule is Cn1c(=O)c(Nc2ccccc2N2CCOCC2)cc2c(F)cc(-c3cn[nH]c3)cc21. The molecule has 5 rings (SSSR count). The summed E-state index contributed by atoms with van der Waals surface area (Å²) >= 11 is 0. The molecule has 31 heavy (non-hydrogen) atoms. The van der Waals surface area contributed by atoms with Crippen LogP contribution < -0.4 is 15.8 Å². The van der Waals surface area contributed by atoms with Crippen molar-refractivity contribution in [3.63, 3.8) is 0 Å². The predicted octanol–water partition coefficient (Wildman–Crippen LogP) is 3.65. The van der Waals surface area contributed by atoms with E-state index < -0.39 is 5.82 Å². The summed E-state index contributed by atoms with van der Waals surface area (Å²) in [5.41, 5.74) is 3.83. The highest BCUT2D eigenvalue weighted by Crippen LogP contribution is 2.31. The van der Waals surface area contributed by atoms with Crippen molar-refractivity contribution in [1.82, 2.24) is 14.8 Å². The van der Waals surface area contributed by atoms with Crippen molar-refractivity contribution in [3.8, 4) is 11.1 Å². The number of nitrogens with one attached hydrogen (secondary N) is 2. The van der Waals surface area contributed by atoms with Gasteiger partial charge >= 0.3 is 0 Å². The molecular formula is C23H22FN5O2.